The lowest BCUT2D eigenvalue weighted by atomic mass is 10.0. The number of likely N-dealkylation sites (tertiary alicyclic amines) is 2. The molecule has 0 atom stereocenters. The molecule has 6 heteroatoms. The molecule has 23 heavy (non-hydrogen) atoms. The van der Waals surface area contributed by atoms with Crippen molar-refractivity contribution in [3.05, 3.63) is 30.1 Å². The molecule has 6 nitrogen and oxygen atoms in total. The number of pyridine rings is 1. The number of aromatic nitrogens is 1. The fourth-order valence-electron chi connectivity index (χ4n) is 3.41. The molecule has 2 fully saturated rings. The molecule has 2 amide bonds. The van der Waals surface area contributed by atoms with Gasteiger partial charge in [-0.25, -0.2) is 0 Å². The number of hydrogen-bond acceptors (Lipinski definition) is 4. The lowest BCUT2D eigenvalue weighted by molar-refractivity contribution is -0.131. The maximum absolute atomic E-state index is 12.0. The van der Waals surface area contributed by atoms with E-state index >= 15 is 0 Å². The van der Waals surface area contributed by atoms with Gasteiger partial charge in [-0.2, -0.15) is 0 Å². The van der Waals surface area contributed by atoms with E-state index < -0.39 is 0 Å². The van der Waals surface area contributed by atoms with Crippen LogP contribution in [0.4, 0.5) is 0 Å². The molecule has 0 aliphatic carbocycles. The SMILES string of the molecule is O=C(CN1CCC(N2CCCC2=O)CC1)NCc1cccnc1. The number of carbonyl (C=O) groups excluding carboxylic acids is 2. The van der Waals surface area contributed by atoms with Crippen molar-refractivity contribution >= 4 is 11.8 Å². The van der Waals surface area contributed by atoms with Crippen molar-refractivity contribution in [2.75, 3.05) is 26.2 Å². The van der Waals surface area contributed by atoms with Gasteiger partial charge in [-0.15, -0.1) is 0 Å². The molecule has 1 aromatic heterocycles. The number of amides is 2. The summed E-state index contributed by atoms with van der Waals surface area (Å²) in [6.07, 6.45) is 7.13. The highest BCUT2D eigenvalue weighted by atomic mass is 16.2. The molecule has 1 N–H and O–H groups in total. The number of nitrogens with zero attached hydrogens (tertiary/aromatic N) is 3. The summed E-state index contributed by atoms with van der Waals surface area (Å²) in [6.45, 7) is 3.63. The predicted octanol–water partition coefficient (Wildman–Crippen LogP) is 0.785. The molecule has 0 unspecified atom stereocenters. The first-order valence-electron chi connectivity index (χ1n) is 8.40. The van der Waals surface area contributed by atoms with Crippen molar-refractivity contribution in [3.8, 4) is 0 Å². The van der Waals surface area contributed by atoms with Crippen molar-refractivity contribution in [1.82, 2.24) is 20.1 Å². The second-order valence-corrected chi connectivity index (χ2v) is 6.34. The summed E-state index contributed by atoms with van der Waals surface area (Å²) in [7, 11) is 0. The molecule has 0 radical (unpaired) electrons. The van der Waals surface area contributed by atoms with E-state index in [1.165, 1.54) is 0 Å². The second-order valence-electron chi connectivity index (χ2n) is 6.34. The topological polar surface area (TPSA) is 65.5 Å². The minimum Gasteiger partial charge on any atom is -0.351 e. The fourth-order valence-corrected chi connectivity index (χ4v) is 3.41. The first-order chi connectivity index (χ1) is 11.2. The third-order valence-electron chi connectivity index (χ3n) is 4.69. The van der Waals surface area contributed by atoms with E-state index in [2.05, 4.69) is 15.2 Å². The summed E-state index contributed by atoms with van der Waals surface area (Å²) in [5, 5.41) is 2.93. The Bertz CT molecular complexity index is 541. The Labute approximate surface area is 136 Å². The molecule has 2 aliphatic rings. The molecule has 0 bridgehead atoms. The monoisotopic (exact) mass is 316 g/mol. The Balaban J connectivity index is 1.38. The number of piperidine rings is 1. The normalized spacial score (nSPS) is 20.0. The van der Waals surface area contributed by atoms with Gasteiger partial charge in [0, 0.05) is 51.0 Å². The Morgan fingerprint density at radius 2 is 2.13 bits per heavy atom. The molecule has 124 valence electrons. The van der Waals surface area contributed by atoms with E-state index in [-0.39, 0.29) is 5.91 Å². The van der Waals surface area contributed by atoms with Gasteiger partial charge < -0.3 is 10.2 Å². The zero-order chi connectivity index (χ0) is 16.1. The molecule has 0 spiro atoms. The molecule has 3 rings (SSSR count). The Kier molecular flexibility index (Phi) is 5.23. The Hall–Kier alpha value is -1.95. The minimum absolute atomic E-state index is 0.0459. The maximum atomic E-state index is 12.0. The largest absolute Gasteiger partial charge is 0.351 e. The Morgan fingerprint density at radius 3 is 2.78 bits per heavy atom. The zero-order valence-electron chi connectivity index (χ0n) is 13.4. The van der Waals surface area contributed by atoms with E-state index in [1.54, 1.807) is 12.4 Å². The minimum atomic E-state index is 0.0459. The van der Waals surface area contributed by atoms with Crippen LogP contribution < -0.4 is 5.32 Å². The lowest BCUT2D eigenvalue weighted by Crippen LogP contribution is -2.47. The van der Waals surface area contributed by atoms with Crippen LogP contribution in [0.15, 0.2) is 24.5 Å². The van der Waals surface area contributed by atoms with Crippen LogP contribution in [0.1, 0.15) is 31.2 Å². The van der Waals surface area contributed by atoms with Gasteiger partial charge in [-0.1, -0.05) is 6.07 Å². The van der Waals surface area contributed by atoms with Gasteiger partial charge in [0.2, 0.25) is 11.8 Å². The van der Waals surface area contributed by atoms with Gasteiger partial charge in [-0.05, 0) is 30.9 Å². The van der Waals surface area contributed by atoms with E-state index in [1.807, 2.05) is 17.0 Å². The van der Waals surface area contributed by atoms with Crippen LogP contribution in [-0.4, -0.2) is 58.8 Å². The van der Waals surface area contributed by atoms with Crippen molar-refractivity contribution in [2.45, 2.75) is 38.3 Å². The summed E-state index contributed by atoms with van der Waals surface area (Å²) in [5.41, 5.74) is 1.01. The fraction of sp³-hybridized carbons (Fsp3) is 0.588. The summed E-state index contributed by atoms with van der Waals surface area (Å²) in [4.78, 5) is 32.1. The maximum Gasteiger partial charge on any atom is 0.234 e. The van der Waals surface area contributed by atoms with Gasteiger partial charge in [0.05, 0.1) is 6.54 Å². The smallest absolute Gasteiger partial charge is 0.234 e. The number of carbonyl (C=O) groups is 2. The Morgan fingerprint density at radius 1 is 1.30 bits per heavy atom. The van der Waals surface area contributed by atoms with Gasteiger partial charge in [-0.3, -0.25) is 19.5 Å². The first kappa shape index (κ1) is 15.9. The molecular weight excluding hydrogens is 292 g/mol. The van der Waals surface area contributed by atoms with Crippen molar-refractivity contribution in [2.24, 2.45) is 0 Å². The standard InChI is InChI=1S/C17H24N4O2/c22-16(19-12-14-3-1-7-18-11-14)13-20-9-5-15(6-10-20)21-8-2-4-17(21)23/h1,3,7,11,15H,2,4-6,8-10,12-13H2,(H,19,22). The lowest BCUT2D eigenvalue weighted by Gasteiger charge is -2.36. The molecule has 3 heterocycles. The van der Waals surface area contributed by atoms with E-state index in [0.29, 0.717) is 31.5 Å². The molecule has 2 saturated heterocycles. The van der Waals surface area contributed by atoms with Crippen LogP contribution >= 0.6 is 0 Å². The highest BCUT2D eigenvalue weighted by Gasteiger charge is 2.30. The summed E-state index contributed by atoms with van der Waals surface area (Å²) >= 11 is 0. The predicted molar refractivity (Wildman–Crippen MR) is 86.5 cm³/mol. The van der Waals surface area contributed by atoms with Gasteiger partial charge in [0.1, 0.15) is 0 Å². The highest BCUT2D eigenvalue weighted by molar-refractivity contribution is 5.78. The van der Waals surface area contributed by atoms with Gasteiger partial charge >= 0.3 is 0 Å². The number of rotatable bonds is 5. The van der Waals surface area contributed by atoms with Crippen molar-refractivity contribution in [1.29, 1.82) is 0 Å². The van der Waals surface area contributed by atoms with Crippen LogP contribution in [0.2, 0.25) is 0 Å². The first-order valence-corrected chi connectivity index (χ1v) is 8.40. The average molecular weight is 316 g/mol. The summed E-state index contributed by atoms with van der Waals surface area (Å²) < 4.78 is 0. The third-order valence-corrected chi connectivity index (χ3v) is 4.69. The van der Waals surface area contributed by atoms with Crippen LogP contribution in [0.3, 0.4) is 0 Å². The summed E-state index contributed by atoms with van der Waals surface area (Å²) in [6, 6.07) is 4.19. The third kappa shape index (κ3) is 4.28. The highest BCUT2D eigenvalue weighted by Crippen LogP contribution is 2.21. The van der Waals surface area contributed by atoms with Crippen molar-refractivity contribution < 1.29 is 9.59 Å². The zero-order valence-corrected chi connectivity index (χ0v) is 13.4. The molecule has 2 aliphatic heterocycles. The van der Waals surface area contributed by atoms with Crippen LogP contribution in [0, 0.1) is 0 Å². The molecule has 1 aromatic rings. The van der Waals surface area contributed by atoms with E-state index in [4.69, 9.17) is 0 Å². The van der Waals surface area contributed by atoms with E-state index in [0.717, 1.165) is 44.5 Å². The second kappa shape index (κ2) is 7.55. The number of nitrogens with one attached hydrogen (secondary N) is 1. The average Bonchev–Trinajstić information content (AvgIpc) is 3.01. The van der Waals surface area contributed by atoms with Crippen LogP contribution in [-0.2, 0) is 16.1 Å². The van der Waals surface area contributed by atoms with Crippen LogP contribution in [0.25, 0.3) is 0 Å². The summed E-state index contributed by atoms with van der Waals surface area (Å²) in [5.74, 6) is 0.349. The number of hydrogen-bond donors (Lipinski definition) is 1. The van der Waals surface area contributed by atoms with E-state index in [9.17, 15) is 9.59 Å². The quantitative estimate of drug-likeness (QED) is 0.872. The van der Waals surface area contributed by atoms with Gasteiger partial charge in [0.25, 0.3) is 0 Å². The van der Waals surface area contributed by atoms with Gasteiger partial charge in [0.15, 0.2) is 0 Å². The van der Waals surface area contributed by atoms with Crippen molar-refractivity contribution in [3.63, 3.8) is 0 Å². The molecule has 0 saturated carbocycles. The molecular formula is C17H24N4O2. The van der Waals surface area contributed by atoms with Crippen LogP contribution in [0.5, 0.6) is 0 Å². The molecule has 0 aromatic carbocycles.